The molecule has 1 rings (SSSR count). The van der Waals surface area contributed by atoms with Gasteiger partial charge in [0.05, 0.1) is 5.75 Å². The standard InChI is InChI=1S/C13H28N2O2S/c1-3-14-11-7-8-12-18(16,17)15-13(2)9-5-4-6-10-13/h14-15H,3-12H2,1-2H3. The Labute approximate surface area is 112 Å². The summed E-state index contributed by atoms with van der Waals surface area (Å²) in [5.74, 6) is 0.258. The molecule has 0 radical (unpaired) electrons. The molecule has 1 aliphatic carbocycles. The summed E-state index contributed by atoms with van der Waals surface area (Å²) in [6, 6.07) is 0. The molecule has 0 spiro atoms. The van der Waals surface area contributed by atoms with Gasteiger partial charge < -0.3 is 5.32 Å². The van der Waals surface area contributed by atoms with Gasteiger partial charge >= 0.3 is 0 Å². The molecule has 0 heterocycles. The van der Waals surface area contributed by atoms with E-state index in [4.69, 9.17) is 0 Å². The molecule has 0 atom stereocenters. The number of rotatable bonds is 8. The number of hydrogen-bond acceptors (Lipinski definition) is 3. The second kappa shape index (κ2) is 7.46. The summed E-state index contributed by atoms with van der Waals surface area (Å²) in [5.41, 5.74) is -0.196. The van der Waals surface area contributed by atoms with E-state index in [1.165, 1.54) is 6.42 Å². The van der Waals surface area contributed by atoms with Gasteiger partial charge in [-0.2, -0.15) is 0 Å². The van der Waals surface area contributed by atoms with Crippen LogP contribution < -0.4 is 10.0 Å². The van der Waals surface area contributed by atoms with Crippen LogP contribution in [-0.4, -0.2) is 32.8 Å². The molecule has 2 N–H and O–H groups in total. The molecule has 0 amide bonds. The molecule has 0 unspecified atom stereocenters. The van der Waals surface area contributed by atoms with Crippen molar-refractivity contribution in [3.63, 3.8) is 0 Å². The van der Waals surface area contributed by atoms with E-state index in [0.29, 0.717) is 0 Å². The van der Waals surface area contributed by atoms with E-state index in [1.807, 2.05) is 6.92 Å². The predicted octanol–water partition coefficient (Wildman–Crippen LogP) is 2.02. The highest BCUT2D eigenvalue weighted by molar-refractivity contribution is 7.89. The van der Waals surface area contributed by atoms with E-state index in [-0.39, 0.29) is 11.3 Å². The van der Waals surface area contributed by atoms with Gasteiger partial charge in [-0.1, -0.05) is 26.2 Å². The smallest absolute Gasteiger partial charge is 0.212 e. The molecule has 0 aliphatic heterocycles. The topological polar surface area (TPSA) is 58.2 Å². The Morgan fingerprint density at radius 1 is 1.11 bits per heavy atom. The Balaban J connectivity index is 2.30. The first-order valence-electron chi connectivity index (χ1n) is 7.20. The van der Waals surface area contributed by atoms with Gasteiger partial charge in [0.25, 0.3) is 0 Å². The van der Waals surface area contributed by atoms with Crippen molar-refractivity contribution in [1.82, 2.24) is 10.0 Å². The number of unbranched alkanes of at least 4 members (excludes halogenated alkanes) is 1. The van der Waals surface area contributed by atoms with Crippen LogP contribution in [0, 0.1) is 0 Å². The summed E-state index contributed by atoms with van der Waals surface area (Å²) in [6.45, 7) is 5.96. The van der Waals surface area contributed by atoms with E-state index in [0.717, 1.165) is 51.6 Å². The normalized spacial score (nSPS) is 19.9. The van der Waals surface area contributed by atoms with E-state index < -0.39 is 10.0 Å². The Morgan fingerprint density at radius 2 is 1.78 bits per heavy atom. The Morgan fingerprint density at radius 3 is 2.39 bits per heavy atom. The van der Waals surface area contributed by atoms with Gasteiger partial charge in [-0.3, -0.25) is 0 Å². The van der Waals surface area contributed by atoms with Gasteiger partial charge in [-0.25, -0.2) is 13.1 Å². The zero-order valence-electron chi connectivity index (χ0n) is 11.8. The highest BCUT2D eigenvalue weighted by Gasteiger charge is 2.30. The second-order valence-electron chi connectivity index (χ2n) is 5.60. The van der Waals surface area contributed by atoms with Gasteiger partial charge in [0.1, 0.15) is 0 Å². The summed E-state index contributed by atoms with van der Waals surface area (Å²) in [6.07, 6.45) is 7.12. The summed E-state index contributed by atoms with van der Waals surface area (Å²) >= 11 is 0. The third kappa shape index (κ3) is 6.16. The minimum Gasteiger partial charge on any atom is -0.317 e. The van der Waals surface area contributed by atoms with Gasteiger partial charge in [-0.05, 0) is 45.7 Å². The van der Waals surface area contributed by atoms with Gasteiger partial charge in [0.2, 0.25) is 10.0 Å². The summed E-state index contributed by atoms with van der Waals surface area (Å²) in [5, 5.41) is 3.21. The molecule has 1 fully saturated rings. The molecule has 0 aromatic rings. The lowest BCUT2D eigenvalue weighted by atomic mass is 9.84. The van der Waals surface area contributed by atoms with Crippen LogP contribution in [0.1, 0.15) is 58.8 Å². The summed E-state index contributed by atoms with van der Waals surface area (Å²) < 4.78 is 26.9. The predicted molar refractivity (Wildman–Crippen MR) is 76.2 cm³/mol. The molecule has 1 aliphatic rings. The minimum absolute atomic E-state index is 0.196. The first-order valence-corrected chi connectivity index (χ1v) is 8.85. The maximum absolute atomic E-state index is 12.0. The van der Waals surface area contributed by atoms with Crippen molar-refractivity contribution in [2.24, 2.45) is 0 Å². The Bertz CT molecular complexity index is 322. The Kier molecular flexibility index (Phi) is 6.60. The van der Waals surface area contributed by atoms with Crippen molar-refractivity contribution in [3.05, 3.63) is 0 Å². The summed E-state index contributed by atoms with van der Waals surface area (Å²) in [7, 11) is -3.10. The molecule has 18 heavy (non-hydrogen) atoms. The summed E-state index contributed by atoms with van der Waals surface area (Å²) in [4.78, 5) is 0. The van der Waals surface area contributed by atoms with Crippen LogP contribution in [-0.2, 0) is 10.0 Å². The molecule has 0 aromatic carbocycles. The van der Waals surface area contributed by atoms with Crippen LogP contribution in [0.4, 0.5) is 0 Å². The maximum atomic E-state index is 12.0. The number of nitrogens with one attached hydrogen (secondary N) is 2. The zero-order chi connectivity index (χ0) is 13.5. The van der Waals surface area contributed by atoms with E-state index >= 15 is 0 Å². The zero-order valence-corrected chi connectivity index (χ0v) is 12.6. The molecular formula is C13H28N2O2S. The van der Waals surface area contributed by atoms with Crippen LogP contribution in [0.3, 0.4) is 0 Å². The van der Waals surface area contributed by atoms with Crippen molar-refractivity contribution in [2.75, 3.05) is 18.8 Å². The van der Waals surface area contributed by atoms with Crippen molar-refractivity contribution in [3.8, 4) is 0 Å². The first kappa shape index (κ1) is 15.9. The number of sulfonamides is 1. The molecule has 0 saturated heterocycles. The molecule has 4 nitrogen and oxygen atoms in total. The average molecular weight is 276 g/mol. The molecular weight excluding hydrogens is 248 g/mol. The number of hydrogen-bond donors (Lipinski definition) is 2. The molecule has 5 heteroatoms. The quantitative estimate of drug-likeness (QED) is 0.667. The molecule has 0 bridgehead atoms. The highest BCUT2D eigenvalue weighted by atomic mass is 32.2. The van der Waals surface area contributed by atoms with E-state index in [1.54, 1.807) is 0 Å². The van der Waals surface area contributed by atoms with E-state index in [9.17, 15) is 8.42 Å². The SMILES string of the molecule is CCNCCCCS(=O)(=O)NC1(C)CCCCC1. The van der Waals surface area contributed by atoms with Crippen LogP contribution in [0.25, 0.3) is 0 Å². The van der Waals surface area contributed by atoms with Crippen molar-refractivity contribution in [2.45, 2.75) is 64.3 Å². The van der Waals surface area contributed by atoms with E-state index in [2.05, 4.69) is 17.0 Å². The molecule has 108 valence electrons. The molecule has 0 aromatic heterocycles. The van der Waals surface area contributed by atoms with Gasteiger partial charge in [0.15, 0.2) is 0 Å². The van der Waals surface area contributed by atoms with Crippen LogP contribution in [0.15, 0.2) is 0 Å². The van der Waals surface area contributed by atoms with Gasteiger partial charge in [-0.15, -0.1) is 0 Å². The van der Waals surface area contributed by atoms with Crippen LogP contribution >= 0.6 is 0 Å². The average Bonchev–Trinajstić information content (AvgIpc) is 2.28. The van der Waals surface area contributed by atoms with Crippen LogP contribution in [0.5, 0.6) is 0 Å². The lowest BCUT2D eigenvalue weighted by Crippen LogP contribution is -2.47. The third-order valence-electron chi connectivity index (χ3n) is 3.63. The van der Waals surface area contributed by atoms with Crippen molar-refractivity contribution in [1.29, 1.82) is 0 Å². The largest absolute Gasteiger partial charge is 0.317 e. The fourth-order valence-corrected chi connectivity index (χ4v) is 4.22. The van der Waals surface area contributed by atoms with Crippen molar-refractivity contribution >= 4 is 10.0 Å². The minimum atomic E-state index is -3.10. The molecule has 1 saturated carbocycles. The monoisotopic (exact) mass is 276 g/mol. The fraction of sp³-hybridized carbons (Fsp3) is 1.00. The highest BCUT2D eigenvalue weighted by Crippen LogP contribution is 2.28. The second-order valence-corrected chi connectivity index (χ2v) is 7.44. The fourth-order valence-electron chi connectivity index (χ4n) is 2.58. The Hall–Kier alpha value is -0.130. The van der Waals surface area contributed by atoms with Crippen LogP contribution in [0.2, 0.25) is 0 Å². The first-order chi connectivity index (χ1) is 8.47. The van der Waals surface area contributed by atoms with Crippen molar-refractivity contribution < 1.29 is 8.42 Å². The van der Waals surface area contributed by atoms with Gasteiger partial charge in [0, 0.05) is 5.54 Å². The third-order valence-corrected chi connectivity index (χ3v) is 5.26. The maximum Gasteiger partial charge on any atom is 0.212 e. The lowest BCUT2D eigenvalue weighted by molar-refractivity contribution is 0.294. The lowest BCUT2D eigenvalue weighted by Gasteiger charge is -2.34.